The zero-order valence-corrected chi connectivity index (χ0v) is 8.84. The predicted molar refractivity (Wildman–Crippen MR) is 55.4 cm³/mol. The van der Waals surface area contributed by atoms with Gasteiger partial charge in [-0.3, -0.25) is 0 Å². The van der Waals surface area contributed by atoms with Crippen LogP contribution >= 0.6 is 15.9 Å². The SMILES string of the molecule is N#CCC1CCc2ccc(Br)cc21. The molecule has 1 aliphatic carbocycles. The maximum Gasteiger partial charge on any atom is 0.0628 e. The molecule has 0 fully saturated rings. The topological polar surface area (TPSA) is 23.8 Å². The second-order valence-electron chi connectivity index (χ2n) is 3.44. The summed E-state index contributed by atoms with van der Waals surface area (Å²) in [5, 5.41) is 8.66. The molecule has 1 unspecified atom stereocenters. The summed E-state index contributed by atoms with van der Waals surface area (Å²) in [6, 6.07) is 8.65. The molecule has 0 aromatic heterocycles. The van der Waals surface area contributed by atoms with E-state index < -0.39 is 0 Å². The fraction of sp³-hybridized carbons (Fsp3) is 0.364. The van der Waals surface area contributed by atoms with E-state index in [1.807, 2.05) is 0 Å². The highest BCUT2D eigenvalue weighted by Crippen LogP contribution is 2.36. The monoisotopic (exact) mass is 235 g/mol. The van der Waals surface area contributed by atoms with Crippen LogP contribution in [0.2, 0.25) is 0 Å². The van der Waals surface area contributed by atoms with Gasteiger partial charge in [-0.25, -0.2) is 0 Å². The lowest BCUT2D eigenvalue weighted by Gasteiger charge is -2.06. The molecule has 0 heterocycles. The third-order valence-corrected chi connectivity index (χ3v) is 3.14. The maximum atomic E-state index is 8.66. The van der Waals surface area contributed by atoms with Gasteiger partial charge in [0, 0.05) is 10.9 Å². The zero-order valence-electron chi connectivity index (χ0n) is 7.26. The van der Waals surface area contributed by atoms with Crippen molar-refractivity contribution in [2.45, 2.75) is 25.2 Å². The van der Waals surface area contributed by atoms with Gasteiger partial charge >= 0.3 is 0 Å². The minimum atomic E-state index is 0.470. The molecule has 0 radical (unpaired) electrons. The smallest absolute Gasteiger partial charge is 0.0628 e. The first-order valence-electron chi connectivity index (χ1n) is 4.46. The van der Waals surface area contributed by atoms with E-state index in [0.717, 1.165) is 17.3 Å². The maximum absolute atomic E-state index is 8.66. The fourth-order valence-electron chi connectivity index (χ4n) is 1.98. The molecule has 0 aliphatic heterocycles. The van der Waals surface area contributed by atoms with Crippen molar-refractivity contribution in [1.82, 2.24) is 0 Å². The molecule has 13 heavy (non-hydrogen) atoms. The van der Waals surface area contributed by atoms with Crippen molar-refractivity contribution in [2.24, 2.45) is 0 Å². The zero-order chi connectivity index (χ0) is 9.26. The average molecular weight is 236 g/mol. The van der Waals surface area contributed by atoms with Gasteiger partial charge in [-0.2, -0.15) is 5.26 Å². The van der Waals surface area contributed by atoms with E-state index in [9.17, 15) is 0 Å². The van der Waals surface area contributed by atoms with Crippen LogP contribution in [0.15, 0.2) is 22.7 Å². The van der Waals surface area contributed by atoms with Crippen LogP contribution in [0.25, 0.3) is 0 Å². The number of nitriles is 1. The summed E-state index contributed by atoms with van der Waals surface area (Å²) in [5.41, 5.74) is 2.79. The van der Waals surface area contributed by atoms with Gasteiger partial charge in [0.2, 0.25) is 0 Å². The molecule has 2 rings (SSSR count). The third-order valence-electron chi connectivity index (χ3n) is 2.65. The first kappa shape index (κ1) is 8.77. The number of aryl methyl sites for hydroxylation is 1. The quantitative estimate of drug-likeness (QED) is 0.733. The number of hydrogen-bond acceptors (Lipinski definition) is 1. The summed E-state index contributed by atoms with van der Waals surface area (Å²) in [6.45, 7) is 0. The van der Waals surface area contributed by atoms with Crippen molar-refractivity contribution in [3.8, 4) is 6.07 Å². The Morgan fingerprint density at radius 3 is 3.15 bits per heavy atom. The van der Waals surface area contributed by atoms with E-state index in [1.165, 1.54) is 11.1 Å². The van der Waals surface area contributed by atoms with Crippen LogP contribution in [0, 0.1) is 11.3 Å². The molecular weight excluding hydrogens is 226 g/mol. The van der Waals surface area contributed by atoms with E-state index >= 15 is 0 Å². The molecule has 66 valence electrons. The lowest BCUT2D eigenvalue weighted by molar-refractivity contribution is 0.695. The molecule has 1 atom stereocenters. The fourth-order valence-corrected chi connectivity index (χ4v) is 2.36. The Morgan fingerprint density at radius 1 is 1.54 bits per heavy atom. The van der Waals surface area contributed by atoms with Gasteiger partial charge in [0.05, 0.1) is 6.07 Å². The number of halogens is 1. The van der Waals surface area contributed by atoms with E-state index in [0.29, 0.717) is 12.3 Å². The summed E-state index contributed by atoms with van der Waals surface area (Å²) >= 11 is 3.46. The van der Waals surface area contributed by atoms with Crippen LogP contribution < -0.4 is 0 Å². The summed E-state index contributed by atoms with van der Waals surface area (Å²) in [7, 11) is 0. The second kappa shape index (κ2) is 3.51. The van der Waals surface area contributed by atoms with Gasteiger partial charge < -0.3 is 0 Å². The standard InChI is InChI=1S/C11H10BrN/c12-10-4-3-8-1-2-9(5-6-13)11(8)7-10/h3-4,7,9H,1-2,5H2. The molecule has 1 aliphatic rings. The van der Waals surface area contributed by atoms with Gasteiger partial charge in [0.1, 0.15) is 0 Å². The highest BCUT2D eigenvalue weighted by atomic mass is 79.9. The lowest BCUT2D eigenvalue weighted by Crippen LogP contribution is -1.91. The Bertz CT molecular complexity index is 365. The molecule has 0 saturated heterocycles. The van der Waals surface area contributed by atoms with Gasteiger partial charge in [-0.15, -0.1) is 0 Å². The largest absolute Gasteiger partial charge is 0.198 e. The van der Waals surface area contributed by atoms with Crippen LogP contribution in [0.1, 0.15) is 29.9 Å². The van der Waals surface area contributed by atoms with Crippen LogP contribution in [-0.2, 0) is 6.42 Å². The number of hydrogen-bond donors (Lipinski definition) is 0. The number of benzene rings is 1. The Balaban J connectivity index is 2.36. The van der Waals surface area contributed by atoms with Crippen LogP contribution in [0.5, 0.6) is 0 Å². The highest BCUT2D eigenvalue weighted by molar-refractivity contribution is 9.10. The Kier molecular flexibility index (Phi) is 2.37. The van der Waals surface area contributed by atoms with E-state index in [2.05, 4.69) is 40.2 Å². The molecule has 0 amide bonds. The average Bonchev–Trinajstić information content (AvgIpc) is 2.49. The highest BCUT2D eigenvalue weighted by Gasteiger charge is 2.21. The van der Waals surface area contributed by atoms with Crippen LogP contribution in [0.4, 0.5) is 0 Å². The molecule has 0 spiro atoms. The number of nitrogens with zero attached hydrogens (tertiary/aromatic N) is 1. The van der Waals surface area contributed by atoms with E-state index in [4.69, 9.17) is 5.26 Å². The molecule has 1 aromatic carbocycles. The van der Waals surface area contributed by atoms with Crippen molar-refractivity contribution in [2.75, 3.05) is 0 Å². The van der Waals surface area contributed by atoms with Crippen molar-refractivity contribution in [3.63, 3.8) is 0 Å². The minimum absolute atomic E-state index is 0.470. The normalized spacial score (nSPS) is 19.5. The summed E-state index contributed by atoms with van der Waals surface area (Å²) in [5.74, 6) is 0.470. The van der Waals surface area contributed by atoms with Crippen LogP contribution in [-0.4, -0.2) is 0 Å². The van der Waals surface area contributed by atoms with E-state index in [1.54, 1.807) is 0 Å². The van der Waals surface area contributed by atoms with Gasteiger partial charge in [0.25, 0.3) is 0 Å². The Hall–Kier alpha value is -0.810. The Labute approximate surface area is 86.5 Å². The first-order valence-corrected chi connectivity index (χ1v) is 5.26. The molecule has 0 N–H and O–H groups in total. The Morgan fingerprint density at radius 2 is 2.38 bits per heavy atom. The molecule has 0 saturated carbocycles. The molecule has 0 bridgehead atoms. The molecule has 2 heteroatoms. The van der Waals surface area contributed by atoms with Crippen molar-refractivity contribution >= 4 is 15.9 Å². The van der Waals surface area contributed by atoms with Crippen molar-refractivity contribution in [1.29, 1.82) is 5.26 Å². The van der Waals surface area contributed by atoms with E-state index in [-0.39, 0.29) is 0 Å². The lowest BCUT2D eigenvalue weighted by atomic mass is 9.99. The molecular formula is C11H10BrN. The second-order valence-corrected chi connectivity index (χ2v) is 4.36. The first-order chi connectivity index (χ1) is 6.31. The summed E-state index contributed by atoms with van der Waals surface area (Å²) in [4.78, 5) is 0. The van der Waals surface area contributed by atoms with Gasteiger partial charge in [-0.1, -0.05) is 22.0 Å². The third kappa shape index (κ3) is 1.62. The van der Waals surface area contributed by atoms with Crippen molar-refractivity contribution in [3.05, 3.63) is 33.8 Å². The van der Waals surface area contributed by atoms with Gasteiger partial charge in [0.15, 0.2) is 0 Å². The predicted octanol–water partition coefficient (Wildman–Crippen LogP) is 3.39. The van der Waals surface area contributed by atoms with Crippen LogP contribution in [0.3, 0.4) is 0 Å². The molecule has 1 nitrogen and oxygen atoms in total. The molecule has 1 aromatic rings. The summed E-state index contributed by atoms with van der Waals surface area (Å²) in [6.07, 6.45) is 2.93. The number of fused-ring (bicyclic) bond motifs is 1. The minimum Gasteiger partial charge on any atom is -0.198 e. The number of rotatable bonds is 1. The van der Waals surface area contributed by atoms with Crippen molar-refractivity contribution < 1.29 is 0 Å². The summed E-state index contributed by atoms with van der Waals surface area (Å²) < 4.78 is 1.12. The van der Waals surface area contributed by atoms with Gasteiger partial charge in [-0.05, 0) is 42.0 Å².